The van der Waals surface area contributed by atoms with Crippen LogP contribution in [0.5, 0.6) is 11.5 Å². The molecule has 1 atom stereocenters. The fourth-order valence-corrected chi connectivity index (χ4v) is 3.50. The lowest BCUT2D eigenvalue weighted by Crippen LogP contribution is -2.40. The molecule has 0 saturated carbocycles. The van der Waals surface area contributed by atoms with E-state index in [9.17, 15) is 9.90 Å². The van der Waals surface area contributed by atoms with Gasteiger partial charge in [0.05, 0.1) is 0 Å². The van der Waals surface area contributed by atoms with Crippen molar-refractivity contribution in [2.75, 3.05) is 19.9 Å². The van der Waals surface area contributed by atoms with Gasteiger partial charge < -0.3 is 24.0 Å². The number of carbonyl (C=O) groups is 1. The van der Waals surface area contributed by atoms with Gasteiger partial charge in [-0.1, -0.05) is 0 Å². The highest BCUT2D eigenvalue weighted by Crippen LogP contribution is 2.34. The minimum absolute atomic E-state index is 0.0109. The number of fused-ring (bicyclic) bond motifs is 1. The van der Waals surface area contributed by atoms with Gasteiger partial charge in [0.1, 0.15) is 11.9 Å². The molecule has 132 valence electrons. The number of aliphatic hydroxyl groups excluding tert-OH is 1. The number of benzene rings is 1. The molecule has 1 aromatic carbocycles. The second-order valence-corrected chi connectivity index (χ2v) is 6.54. The van der Waals surface area contributed by atoms with E-state index in [2.05, 4.69) is 4.98 Å². The third-order valence-corrected chi connectivity index (χ3v) is 5.02. The van der Waals surface area contributed by atoms with Gasteiger partial charge in [-0.25, -0.2) is 4.98 Å². The van der Waals surface area contributed by atoms with E-state index in [1.165, 1.54) is 0 Å². The van der Waals surface area contributed by atoms with Gasteiger partial charge in [0.25, 0.3) is 5.91 Å². The number of ether oxygens (including phenoxy) is 2. The summed E-state index contributed by atoms with van der Waals surface area (Å²) in [5, 5.41) is 10.5. The highest BCUT2D eigenvalue weighted by atomic mass is 16.7. The molecule has 7 nitrogen and oxygen atoms in total. The van der Waals surface area contributed by atoms with Crippen molar-refractivity contribution < 1.29 is 19.4 Å². The third kappa shape index (κ3) is 2.95. The van der Waals surface area contributed by atoms with Crippen LogP contribution in [-0.4, -0.2) is 45.3 Å². The van der Waals surface area contributed by atoms with Gasteiger partial charge in [-0.05, 0) is 37.0 Å². The van der Waals surface area contributed by atoms with Crippen molar-refractivity contribution in [2.45, 2.75) is 18.9 Å². The van der Waals surface area contributed by atoms with E-state index in [4.69, 9.17) is 9.47 Å². The van der Waals surface area contributed by atoms with Crippen LogP contribution in [0.4, 0.5) is 0 Å². The fraction of sp³-hybridized carbons (Fsp3) is 0.444. The molecule has 0 radical (unpaired) electrons. The molecule has 3 heterocycles. The molecule has 2 aliphatic rings. The quantitative estimate of drug-likeness (QED) is 0.918. The number of hydrogen-bond acceptors (Lipinski definition) is 5. The van der Waals surface area contributed by atoms with Gasteiger partial charge in [0, 0.05) is 38.1 Å². The van der Waals surface area contributed by atoms with Crippen LogP contribution >= 0.6 is 0 Å². The second kappa shape index (κ2) is 6.40. The van der Waals surface area contributed by atoms with Crippen molar-refractivity contribution >= 4 is 5.91 Å². The lowest BCUT2D eigenvalue weighted by atomic mass is 9.90. The van der Waals surface area contributed by atoms with Gasteiger partial charge in [0.2, 0.25) is 6.79 Å². The largest absolute Gasteiger partial charge is 0.454 e. The Bertz CT molecular complexity index is 780. The molecule has 0 aliphatic carbocycles. The molecule has 7 heteroatoms. The van der Waals surface area contributed by atoms with Crippen molar-refractivity contribution in [3.05, 3.63) is 42.0 Å². The third-order valence-electron chi connectivity index (χ3n) is 5.02. The Morgan fingerprint density at radius 3 is 2.76 bits per heavy atom. The highest BCUT2D eigenvalue weighted by molar-refractivity contribution is 5.95. The Balaban J connectivity index is 1.40. The number of rotatable bonds is 3. The maximum absolute atomic E-state index is 12.7. The number of aromatic nitrogens is 2. The standard InChI is InChI=1S/C18H21N3O4/c1-20-9-6-19-17(20)16(22)12-4-7-21(8-5-12)18(23)13-2-3-14-15(10-13)25-11-24-14/h2-3,6,9-10,12,16,22H,4-5,7-8,11H2,1H3/t16-/m0/s1. The number of nitrogens with zero attached hydrogens (tertiary/aromatic N) is 3. The van der Waals surface area contributed by atoms with Crippen molar-refractivity contribution in [2.24, 2.45) is 13.0 Å². The number of aryl methyl sites for hydroxylation is 1. The zero-order valence-corrected chi connectivity index (χ0v) is 14.1. The topological polar surface area (TPSA) is 76.8 Å². The zero-order chi connectivity index (χ0) is 17.4. The van der Waals surface area contributed by atoms with Crippen LogP contribution < -0.4 is 9.47 Å². The van der Waals surface area contributed by atoms with Gasteiger partial charge in [-0.15, -0.1) is 0 Å². The van der Waals surface area contributed by atoms with E-state index in [1.54, 1.807) is 24.4 Å². The minimum atomic E-state index is -0.595. The first kappa shape index (κ1) is 16.0. The second-order valence-electron chi connectivity index (χ2n) is 6.54. The first-order valence-electron chi connectivity index (χ1n) is 8.47. The number of aliphatic hydroxyl groups is 1. The number of carbonyl (C=O) groups excluding carboxylic acids is 1. The number of piperidine rings is 1. The molecule has 1 fully saturated rings. The molecule has 1 N–H and O–H groups in total. The van der Waals surface area contributed by atoms with Crippen LogP contribution in [0.3, 0.4) is 0 Å². The molecule has 0 spiro atoms. The maximum atomic E-state index is 12.7. The van der Waals surface area contributed by atoms with E-state index in [0.717, 1.165) is 12.8 Å². The van der Waals surface area contributed by atoms with Crippen LogP contribution in [0.1, 0.15) is 35.1 Å². The summed E-state index contributed by atoms with van der Waals surface area (Å²) in [6.07, 6.45) is 4.44. The van der Waals surface area contributed by atoms with Crippen LogP contribution in [-0.2, 0) is 7.05 Å². The Morgan fingerprint density at radius 1 is 1.28 bits per heavy atom. The van der Waals surface area contributed by atoms with Crippen LogP contribution in [0, 0.1) is 5.92 Å². The Hall–Kier alpha value is -2.54. The number of imidazole rings is 1. The Morgan fingerprint density at radius 2 is 2.04 bits per heavy atom. The van der Waals surface area contributed by atoms with Crippen LogP contribution in [0.15, 0.2) is 30.6 Å². The number of hydrogen-bond donors (Lipinski definition) is 1. The molecular formula is C18H21N3O4. The van der Waals surface area contributed by atoms with Crippen molar-refractivity contribution in [1.29, 1.82) is 0 Å². The molecule has 0 unspecified atom stereocenters. The molecule has 2 aromatic rings. The summed E-state index contributed by atoms with van der Waals surface area (Å²) in [6.45, 7) is 1.45. The SMILES string of the molecule is Cn1ccnc1[C@@H](O)C1CCN(C(=O)c2ccc3c(c2)OCO3)CC1. The van der Waals surface area contributed by atoms with Gasteiger partial charge in [-0.3, -0.25) is 4.79 Å². The van der Waals surface area contributed by atoms with Crippen molar-refractivity contribution in [3.8, 4) is 11.5 Å². The summed E-state index contributed by atoms with van der Waals surface area (Å²) >= 11 is 0. The summed E-state index contributed by atoms with van der Waals surface area (Å²) in [5.41, 5.74) is 0.604. The molecule has 1 aromatic heterocycles. The summed E-state index contributed by atoms with van der Waals surface area (Å²) in [4.78, 5) is 18.8. The van der Waals surface area contributed by atoms with Crippen molar-refractivity contribution in [1.82, 2.24) is 14.5 Å². The molecule has 1 amide bonds. The first-order valence-corrected chi connectivity index (χ1v) is 8.47. The van der Waals surface area contributed by atoms with Crippen LogP contribution in [0.25, 0.3) is 0 Å². The summed E-state index contributed by atoms with van der Waals surface area (Å²) in [7, 11) is 1.88. The predicted octanol–water partition coefficient (Wildman–Crippen LogP) is 1.73. The monoisotopic (exact) mass is 343 g/mol. The first-order chi connectivity index (χ1) is 12.1. The summed E-state index contributed by atoms with van der Waals surface area (Å²) in [6, 6.07) is 5.28. The zero-order valence-electron chi connectivity index (χ0n) is 14.1. The Labute approximate surface area is 145 Å². The maximum Gasteiger partial charge on any atom is 0.253 e. The molecule has 2 aliphatic heterocycles. The van der Waals surface area contributed by atoms with E-state index in [1.807, 2.05) is 22.7 Å². The lowest BCUT2D eigenvalue weighted by Gasteiger charge is -2.34. The lowest BCUT2D eigenvalue weighted by molar-refractivity contribution is 0.0420. The fourth-order valence-electron chi connectivity index (χ4n) is 3.50. The minimum Gasteiger partial charge on any atom is -0.454 e. The highest BCUT2D eigenvalue weighted by Gasteiger charge is 2.30. The summed E-state index contributed by atoms with van der Waals surface area (Å²) < 4.78 is 12.5. The van der Waals surface area contributed by atoms with Gasteiger partial charge in [0.15, 0.2) is 11.5 Å². The Kier molecular flexibility index (Phi) is 4.09. The average Bonchev–Trinajstić information content (AvgIpc) is 3.28. The molecular weight excluding hydrogens is 322 g/mol. The molecule has 1 saturated heterocycles. The predicted molar refractivity (Wildman–Crippen MR) is 89.4 cm³/mol. The molecule has 25 heavy (non-hydrogen) atoms. The molecule has 0 bridgehead atoms. The van der Waals surface area contributed by atoms with E-state index >= 15 is 0 Å². The molecule has 4 rings (SSSR count). The number of amides is 1. The smallest absolute Gasteiger partial charge is 0.253 e. The van der Waals surface area contributed by atoms with Gasteiger partial charge >= 0.3 is 0 Å². The van der Waals surface area contributed by atoms with Crippen LogP contribution in [0.2, 0.25) is 0 Å². The van der Waals surface area contributed by atoms with Crippen molar-refractivity contribution in [3.63, 3.8) is 0 Å². The van der Waals surface area contributed by atoms with E-state index in [-0.39, 0.29) is 18.6 Å². The number of likely N-dealkylation sites (tertiary alicyclic amines) is 1. The van der Waals surface area contributed by atoms with E-state index in [0.29, 0.717) is 36.0 Å². The van der Waals surface area contributed by atoms with Gasteiger partial charge in [-0.2, -0.15) is 0 Å². The average molecular weight is 343 g/mol. The summed E-state index contributed by atoms with van der Waals surface area (Å²) in [5.74, 6) is 2.07. The van der Waals surface area contributed by atoms with E-state index < -0.39 is 6.10 Å². The normalized spacial score (nSPS) is 18.4.